The SMILES string of the molecule is COc1cccc(CN2CCN(CCN3C(=O)C(=O)c4cc(C(C)C)ccc43)CC2)c1.Cl.Cl. The molecule has 4 rings (SSSR count). The monoisotopic (exact) mass is 493 g/mol. The molecular formula is C25H33Cl2N3O3. The fraction of sp³-hybridized carbons (Fsp3) is 0.440. The second kappa shape index (κ2) is 11.8. The Labute approximate surface area is 208 Å². The van der Waals surface area contributed by atoms with Gasteiger partial charge < -0.3 is 9.64 Å². The third-order valence-electron chi connectivity index (χ3n) is 6.31. The van der Waals surface area contributed by atoms with Crippen molar-refractivity contribution in [2.75, 3.05) is 51.3 Å². The van der Waals surface area contributed by atoms with Crippen LogP contribution in [-0.4, -0.2) is 67.9 Å². The van der Waals surface area contributed by atoms with Crippen LogP contribution >= 0.6 is 24.8 Å². The molecule has 0 saturated carbocycles. The third kappa shape index (κ3) is 6.07. The number of benzene rings is 2. The van der Waals surface area contributed by atoms with E-state index in [0.29, 0.717) is 18.0 Å². The van der Waals surface area contributed by atoms with Gasteiger partial charge in [0, 0.05) is 45.8 Å². The molecule has 180 valence electrons. The van der Waals surface area contributed by atoms with Gasteiger partial charge in [-0.15, -0.1) is 24.8 Å². The minimum atomic E-state index is -0.396. The van der Waals surface area contributed by atoms with Crippen molar-refractivity contribution in [3.8, 4) is 5.75 Å². The van der Waals surface area contributed by atoms with Crippen LogP contribution in [0.2, 0.25) is 0 Å². The van der Waals surface area contributed by atoms with E-state index in [4.69, 9.17) is 4.74 Å². The average Bonchev–Trinajstić information content (AvgIpc) is 3.02. The van der Waals surface area contributed by atoms with Crippen LogP contribution in [-0.2, 0) is 11.3 Å². The molecule has 6 nitrogen and oxygen atoms in total. The normalized spacial score (nSPS) is 16.4. The molecule has 0 aromatic heterocycles. The maximum absolute atomic E-state index is 12.6. The molecule has 0 aliphatic carbocycles. The lowest BCUT2D eigenvalue weighted by molar-refractivity contribution is -0.114. The minimum absolute atomic E-state index is 0. The first kappa shape index (κ1) is 27.1. The Morgan fingerprint density at radius 2 is 1.61 bits per heavy atom. The van der Waals surface area contributed by atoms with Crippen molar-refractivity contribution in [1.82, 2.24) is 9.80 Å². The number of piperazine rings is 1. The second-order valence-electron chi connectivity index (χ2n) is 8.69. The van der Waals surface area contributed by atoms with Crippen LogP contribution in [0.5, 0.6) is 5.75 Å². The van der Waals surface area contributed by atoms with Crippen molar-refractivity contribution < 1.29 is 14.3 Å². The average molecular weight is 494 g/mol. The zero-order chi connectivity index (χ0) is 22.0. The number of anilines is 1. The zero-order valence-corrected chi connectivity index (χ0v) is 21.1. The smallest absolute Gasteiger partial charge is 0.299 e. The molecule has 0 spiro atoms. The third-order valence-corrected chi connectivity index (χ3v) is 6.31. The van der Waals surface area contributed by atoms with E-state index in [0.717, 1.165) is 56.3 Å². The summed E-state index contributed by atoms with van der Waals surface area (Å²) >= 11 is 0. The fourth-order valence-electron chi connectivity index (χ4n) is 4.34. The highest BCUT2D eigenvalue weighted by molar-refractivity contribution is 6.52. The first-order chi connectivity index (χ1) is 15.0. The number of halogens is 2. The number of methoxy groups -OCH3 is 1. The van der Waals surface area contributed by atoms with Crippen LogP contribution in [0, 0.1) is 0 Å². The number of nitrogens with zero attached hydrogens (tertiary/aromatic N) is 3. The summed E-state index contributed by atoms with van der Waals surface area (Å²) in [7, 11) is 1.69. The summed E-state index contributed by atoms with van der Waals surface area (Å²) < 4.78 is 5.32. The van der Waals surface area contributed by atoms with Crippen LogP contribution in [0.1, 0.15) is 41.3 Å². The van der Waals surface area contributed by atoms with E-state index in [1.54, 1.807) is 12.0 Å². The molecule has 0 atom stereocenters. The lowest BCUT2D eigenvalue weighted by Crippen LogP contribution is -2.48. The number of Topliss-reactive ketones (excluding diaryl/α,β-unsaturated/α-hetero) is 1. The zero-order valence-electron chi connectivity index (χ0n) is 19.5. The van der Waals surface area contributed by atoms with Gasteiger partial charge in [-0.1, -0.05) is 32.0 Å². The van der Waals surface area contributed by atoms with E-state index in [1.165, 1.54) is 5.56 Å². The van der Waals surface area contributed by atoms with Crippen molar-refractivity contribution >= 4 is 42.2 Å². The summed E-state index contributed by atoms with van der Waals surface area (Å²) in [5.74, 6) is 0.449. The van der Waals surface area contributed by atoms with Crippen LogP contribution in [0.25, 0.3) is 0 Å². The van der Waals surface area contributed by atoms with E-state index in [1.807, 2.05) is 30.3 Å². The first-order valence-electron chi connectivity index (χ1n) is 11.0. The van der Waals surface area contributed by atoms with Gasteiger partial charge in [0.15, 0.2) is 0 Å². The molecule has 8 heteroatoms. The number of ketones is 1. The molecule has 0 N–H and O–H groups in total. The van der Waals surface area contributed by atoms with Crippen molar-refractivity contribution in [2.24, 2.45) is 0 Å². The molecule has 2 heterocycles. The molecule has 2 aromatic rings. The van der Waals surface area contributed by atoms with Crippen molar-refractivity contribution in [2.45, 2.75) is 26.3 Å². The minimum Gasteiger partial charge on any atom is -0.497 e. The Bertz CT molecular complexity index is 975. The van der Waals surface area contributed by atoms with Crippen molar-refractivity contribution in [3.63, 3.8) is 0 Å². The summed E-state index contributed by atoms with van der Waals surface area (Å²) in [6.07, 6.45) is 0. The highest BCUT2D eigenvalue weighted by Crippen LogP contribution is 2.31. The Morgan fingerprint density at radius 3 is 2.27 bits per heavy atom. The second-order valence-corrected chi connectivity index (χ2v) is 8.69. The number of fused-ring (bicyclic) bond motifs is 1. The van der Waals surface area contributed by atoms with Crippen LogP contribution in [0.15, 0.2) is 42.5 Å². The van der Waals surface area contributed by atoms with Crippen LogP contribution in [0.4, 0.5) is 5.69 Å². The van der Waals surface area contributed by atoms with Crippen molar-refractivity contribution in [3.05, 3.63) is 59.2 Å². The van der Waals surface area contributed by atoms with Gasteiger partial charge in [0.2, 0.25) is 0 Å². The van der Waals surface area contributed by atoms with Gasteiger partial charge in [0.05, 0.1) is 18.4 Å². The maximum Gasteiger partial charge on any atom is 0.299 e. The molecule has 0 radical (unpaired) electrons. The molecule has 33 heavy (non-hydrogen) atoms. The van der Waals surface area contributed by atoms with Gasteiger partial charge in [0.25, 0.3) is 11.7 Å². The Morgan fingerprint density at radius 1 is 0.909 bits per heavy atom. The van der Waals surface area contributed by atoms with E-state index < -0.39 is 5.91 Å². The van der Waals surface area contributed by atoms with E-state index in [2.05, 4.69) is 35.8 Å². The molecule has 0 bridgehead atoms. The molecular weight excluding hydrogens is 461 g/mol. The predicted molar refractivity (Wildman–Crippen MR) is 136 cm³/mol. The van der Waals surface area contributed by atoms with E-state index in [-0.39, 0.29) is 30.6 Å². The number of carbonyl (C=O) groups is 2. The topological polar surface area (TPSA) is 53.1 Å². The number of ether oxygens (including phenoxy) is 1. The Balaban J connectivity index is 0.00000193. The Kier molecular flexibility index (Phi) is 9.73. The van der Waals surface area contributed by atoms with Gasteiger partial charge in [-0.3, -0.25) is 19.4 Å². The van der Waals surface area contributed by atoms with Gasteiger partial charge in [-0.05, 0) is 41.3 Å². The predicted octanol–water partition coefficient (Wildman–Crippen LogP) is 4.01. The lowest BCUT2D eigenvalue weighted by atomic mass is 9.99. The van der Waals surface area contributed by atoms with Crippen LogP contribution < -0.4 is 9.64 Å². The number of carbonyl (C=O) groups excluding carboxylic acids is 2. The van der Waals surface area contributed by atoms with Gasteiger partial charge in [-0.25, -0.2) is 0 Å². The number of hydrogen-bond acceptors (Lipinski definition) is 5. The maximum atomic E-state index is 12.6. The molecule has 1 saturated heterocycles. The fourth-order valence-corrected chi connectivity index (χ4v) is 4.34. The van der Waals surface area contributed by atoms with E-state index in [9.17, 15) is 9.59 Å². The van der Waals surface area contributed by atoms with Gasteiger partial charge in [0.1, 0.15) is 5.75 Å². The van der Waals surface area contributed by atoms with E-state index >= 15 is 0 Å². The number of amides is 1. The summed E-state index contributed by atoms with van der Waals surface area (Å²) in [6.45, 7) is 10.3. The number of hydrogen-bond donors (Lipinski definition) is 0. The summed E-state index contributed by atoms with van der Waals surface area (Å²) in [6, 6.07) is 14.1. The molecule has 2 aliphatic heterocycles. The quantitative estimate of drug-likeness (QED) is 0.545. The molecule has 0 unspecified atom stereocenters. The largest absolute Gasteiger partial charge is 0.497 e. The molecule has 2 aliphatic rings. The summed E-state index contributed by atoms with van der Waals surface area (Å²) in [5, 5.41) is 0. The summed E-state index contributed by atoms with van der Waals surface area (Å²) in [4.78, 5) is 31.5. The van der Waals surface area contributed by atoms with Gasteiger partial charge >= 0.3 is 0 Å². The molecule has 1 fully saturated rings. The highest BCUT2D eigenvalue weighted by Gasteiger charge is 2.36. The lowest BCUT2D eigenvalue weighted by Gasteiger charge is -2.35. The standard InChI is InChI=1S/C25H31N3O3.2ClH/c1-18(2)20-7-8-23-22(16-20)24(29)25(30)28(23)14-13-26-9-11-27(12-10-26)17-19-5-4-6-21(15-19)31-3;;/h4-8,15-16,18H,9-14,17H2,1-3H3;2*1H. The van der Waals surface area contributed by atoms with Crippen molar-refractivity contribution in [1.29, 1.82) is 0 Å². The Hall–Kier alpha value is -2.12. The highest BCUT2D eigenvalue weighted by atomic mass is 35.5. The summed E-state index contributed by atoms with van der Waals surface area (Å²) in [5.41, 5.74) is 3.66. The molecule has 1 amide bonds. The number of rotatable bonds is 7. The van der Waals surface area contributed by atoms with Crippen LogP contribution in [0.3, 0.4) is 0 Å². The van der Waals surface area contributed by atoms with Gasteiger partial charge in [-0.2, -0.15) is 0 Å². The first-order valence-corrected chi connectivity index (χ1v) is 11.0. The molecule has 2 aromatic carbocycles.